The van der Waals surface area contributed by atoms with Crippen LogP contribution < -0.4 is 15.7 Å². The number of rotatable bonds is 37. The maximum absolute atomic E-state index is 13.0. The Morgan fingerprint density at radius 2 is 1.21 bits per heavy atom. The van der Waals surface area contributed by atoms with Crippen LogP contribution in [0.5, 0.6) is 5.75 Å². The highest BCUT2D eigenvalue weighted by Gasteiger charge is 2.24. The quantitative estimate of drug-likeness (QED) is 0.0294. The van der Waals surface area contributed by atoms with Crippen molar-refractivity contribution in [3.63, 3.8) is 0 Å². The first-order valence-corrected chi connectivity index (χ1v) is 23.7. The predicted molar refractivity (Wildman–Crippen MR) is 237 cm³/mol. The largest absolute Gasteiger partial charge is 0.508 e. The molecule has 0 aliphatic heterocycles. The summed E-state index contributed by atoms with van der Waals surface area (Å²) in [6.45, 7) is 4.04. The number of ether oxygens (including phenoxy) is 4. The van der Waals surface area contributed by atoms with E-state index in [-0.39, 0.29) is 31.5 Å². The Labute approximate surface area is 358 Å². The molecule has 2 N–H and O–H groups in total. The second-order valence-corrected chi connectivity index (χ2v) is 16.9. The summed E-state index contributed by atoms with van der Waals surface area (Å²) in [6.07, 6.45) is 31.1. The van der Waals surface area contributed by atoms with E-state index in [2.05, 4.69) is 35.1 Å². The minimum Gasteiger partial charge on any atom is -0.466 e. The Hall–Kier alpha value is -2.63. The van der Waals surface area contributed by atoms with Gasteiger partial charge in [-0.3, -0.25) is 4.79 Å². The highest BCUT2D eigenvalue weighted by molar-refractivity contribution is 9.10. The highest BCUT2D eigenvalue weighted by atomic mass is 79.9. The number of carbonyl (C=O) groups is 2. The molecule has 0 radical (unpaired) electrons. The molecule has 1 heterocycles. The molecule has 1 aromatic heterocycles. The fraction of sp³-hybridized carbons (Fsp3) is 0.766. The molecule has 11 heteroatoms. The minimum atomic E-state index is -0.968. The van der Waals surface area contributed by atoms with Gasteiger partial charge in [0.1, 0.15) is 24.5 Å². The molecule has 0 aliphatic carbocycles. The van der Waals surface area contributed by atoms with Crippen LogP contribution in [0.25, 0.3) is 11.0 Å². The number of hydrogen-bond donors (Lipinski definition) is 2. The molecule has 2 aromatic rings. The number of aliphatic hydroxyl groups is 1. The lowest BCUT2D eigenvalue weighted by Crippen LogP contribution is -2.46. The third-order valence-electron chi connectivity index (χ3n) is 10.9. The van der Waals surface area contributed by atoms with Crippen LogP contribution in [0.1, 0.15) is 199 Å². The molecule has 1 amide bonds. The fourth-order valence-electron chi connectivity index (χ4n) is 7.32. The fourth-order valence-corrected chi connectivity index (χ4v) is 7.78. The Morgan fingerprint density at radius 3 is 1.72 bits per heavy atom. The van der Waals surface area contributed by atoms with E-state index in [9.17, 15) is 19.5 Å². The van der Waals surface area contributed by atoms with Crippen LogP contribution in [-0.4, -0.2) is 49.8 Å². The van der Waals surface area contributed by atoms with Crippen molar-refractivity contribution in [3.8, 4) is 5.75 Å². The smallest absolute Gasteiger partial charge is 0.466 e. The summed E-state index contributed by atoms with van der Waals surface area (Å²) >= 11 is 3.46. The topological polar surface area (TPSA) is 134 Å². The summed E-state index contributed by atoms with van der Waals surface area (Å²) in [7, 11) is 1.50. The van der Waals surface area contributed by atoms with Crippen molar-refractivity contribution in [1.29, 1.82) is 0 Å². The van der Waals surface area contributed by atoms with E-state index in [0.717, 1.165) is 38.5 Å². The number of fused-ring (bicyclic) bond motifs is 1. The number of benzene rings is 1. The molecule has 0 saturated carbocycles. The van der Waals surface area contributed by atoms with Crippen LogP contribution in [-0.2, 0) is 25.6 Å². The van der Waals surface area contributed by atoms with Crippen LogP contribution >= 0.6 is 15.9 Å². The maximum Gasteiger partial charge on any atom is 0.508 e. The van der Waals surface area contributed by atoms with Gasteiger partial charge < -0.3 is 33.8 Å². The molecule has 332 valence electrons. The van der Waals surface area contributed by atoms with Crippen LogP contribution in [0.15, 0.2) is 31.9 Å². The van der Waals surface area contributed by atoms with Gasteiger partial charge in [-0.25, -0.2) is 9.59 Å². The first kappa shape index (κ1) is 51.5. The lowest BCUT2D eigenvalue weighted by Gasteiger charge is -2.24. The minimum absolute atomic E-state index is 0.0119. The molecule has 0 aliphatic rings. The molecule has 1 aromatic carbocycles. The third kappa shape index (κ3) is 24.5. The van der Waals surface area contributed by atoms with Gasteiger partial charge in [-0.1, -0.05) is 174 Å². The number of hydrogen-bond acceptors (Lipinski definition) is 9. The lowest BCUT2D eigenvalue weighted by atomic mass is 10.0. The highest BCUT2D eigenvalue weighted by Crippen LogP contribution is 2.32. The summed E-state index contributed by atoms with van der Waals surface area (Å²) in [6, 6.07) is 3.77. The summed E-state index contributed by atoms with van der Waals surface area (Å²) in [5.41, 5.74) is 0.0747. The predicted octanol–water partition coefficient (Wildman–Crippen LogP) is 13.0. The van der Waals surface area contributed by atoms with Crippen LogP contribution in [0, 0.1) is 0 Å². The molecule has 2 rings (SSSR count). The summed E-state index contributed by atoms with van der Waals surface area (Å²) in [5, 5.41) is 14.7. The van der Waals surface area contributed by atoms with Crippen molar-refractivity contribution in [1.82, 2.24) is 5.32 Å². The van der Waals surface area contributed by atoms with E-state index < -0.39 is 23.9 Å². The van der Waals surface area contributed by atoms with E-state index in [1.165, 1.54) is 142 Å². The van der Waals surface area contributed by atoms with Crippen molar-refractivity contribution in [2.75, 3.05) is 20.5 Å². The Balaban J connectivity index is 1.81. The van der Waals surface area contributed by atoms with Crippen LogP contribution in [0.2, 0.25) is 0 Å². The first-order valence-electron chi connectivity index (χ1n) is 22.9. The van der Waals surface area contributed by atoms with E-state index in [1.54, 1.807) is 12.1 Å². The number of nitrogens with one attached hydrogen (secondary N) is 1. The summed E-state index contributed by atoms with van der Waals surface area (Å²) in [5.74, 6) is 0.269. The average molecular weight is 881 g/mol. The van der Waals surface area contributed by atoms with E-state index in [0.29, 0.717) is 34.0 Å². The van der Waals surface area contributed by atoms with Gasteiger partial charge in [0.25, 0.3) is 0 Å². The van der Waals surface area contributed by atoms with Crippen molar-refractivity contribution in [2.45, 2.75) is 212 Å². The SMILES string of the molecule is CCCCCCCCCCCCCCCC(=O)N[C@@H](COC(=O)OCc1cc(=O)oc2cc(OCOC)c(Br)cc12)[C@H](O)CCCCCCCCCCCCCCC. The molecular weight excluding hydrogens is 802 g/mol. The second kappa shape index (κ2) is 34.1. The summed E-state index contributed by atoms with van der Waals surface area (Å²) in [4.78, 5) is 38.1. The maximum atomic E-state index is 13.0. The number of methoxy groups -OCH3 is 1. The van der Waals surface area contributed by atoms with Gasteiger partial charge in [0, 0.05) is 36.6 Å². The molecule has 58 heavy (non-hydrogen) atoms. The molecule has 0 spiro atoms. The molecule has 0 unspecified atom stereocenters. The number of amides is 1. The van der Waals surface area contributed by atoms with E-state index in [4.69, 9.17) is 23.4 Å². The average Bonchev–Trinajstić information content (AvgIpc) is 3.21. The van der Waals surface area contributed by atoms with Gasteiger partial charge in [-0.2, -0.15) is 0 Å². The van der Waals surface area contributed by atoms with Crippen molar-refractivity contribution >= 4 is 39.0 Å². The van der Waals surface area contributed by atoms with E-state index in [1.807, 2.05) is 0 Å². The zero-order chi connectivity index (χ0) is 42.1. The first-order chi connectivity index (χ1) is 28.3. The van der Waals surface area contributed by atoms with Gasteiger partial charge >= 0.3 is 11.8 Å². The van der Waals surface area contributed by atoms with Crippen LogP contribution in [0.4, 0.5) is 4.79 Å². The van der Waals surface area contributed by atoms with Crippen molar-refractivity contribution in [3.05, 3.63) is 38.7 Å². The number of unbranched alkanes of at least 4 members (excludes halogenated alkanes) is 24. The molecule has 0 saturated heterocycles. The van der Waals surface area contributed by atoms with E-state index >= 15 is 0 Å². The second-order valence-electron chi connectivity index (χ2n) is 16.0. The van der Waals surface area contributed by atoms with Gasteiger partial charge in [-0.15, -0.1) is 0 Å². The van der Waals surface area contributed by atoms with Gasteiger partial charge in [0.15, 0.2) is 6.79 Å². The normalized spacial score (nSPS) is 12.4. The van der Waals surface area contributed by atoms with Crippen molar-refractivity contribution in [2.24, 2.45) is 0 Å². The monoisotopic (exact) mass is 879 g/mol. The Kier molecular flexibility index (Phi) is 30.3. The van der Waals surface area contributed by atoms with Gasteiger partial charge in [0.2, 0.25) is 5.91 Å². The van der Waals surface area contributed by atoms with Gasteiger partial charge in [0.05, 0.1) is 16.6 Å². The standard InChI is InChI=1S/C47H78BrNO9/c1-4-6-8-10-12-14-16-18-20-22-24-26-28-30-42(50)41(49-45(51)31-29-27-25-23-21-19-17-15-13-11-9-7-5-2)36-56-47(53)55-35-38-32-46(52)58-43-34-44(57-37-54-3)40(48)33-39(38)43/h32-34,41-42,50H,4-31,35-37H2,1-3H3,(H,49,51)/t41-,42+/m0/s1. The third-order valence-corrected chi connectivity index (χ3v) is 11.5. The van der Waals surface area contributed by atoms with Gasteiger partial charge in [-0.05, 0) is 34.8 Å². The van der Waals surface area contributed by atoms with Crippen LogP contribution in [0.3, 0.4) is 0 Å². The summed E-state index contributed by atoms with van der Waals surface area (Å²) < 4.78 is 27.3. The van der Waals surface area contributed by atoms with Crippen molar-refractivity contribution < 1.29 is 38.1 Å². The molecule has 0 fully saturated rings. The number of aliphatic hydroxyl groups excluding tert-OH is 1. The zero-order valence-electron chi connectivity index (χ0n) is 36.4. The Bertz CT molecular complexity index is 1420. The lowest BCUT2D eigenvalue weighted by molar-refractivity contribution is -0.123. The Morgan fingerprint density at radius 1 is 0.707 bits per heavy atom. The molecule has 10 nitrogen and oxygen atoms in total. The molecule has 0 bridgehead atoms. The molecular formula is C47H78BrNO9. The number of halogens is 1. The molecule has 2 atom stereocenters. The number of carbonyl (C=O) groups excluding carboxylic acids is 2. The zero-order valence-corrected chi connectivity index (χ0v) is 38.0.